The lowest BCUT2D eigenvalue weighted by atomic mass is 10.2. The molecule has 7 nitrogen and oxygen atoms in total. The predicted molar refractivity (Wildman–Crippen MR) is 90.2 cm³/mol. The van der Waals surface area contributed by atoms with Crippen LogP contribution in [0, 0.1) is 0 Å². The Labute approximate surface area is 139 Å². The fourth-order valence-electron chi connectivity index (χ4n) is 2.68. The molecule has 0 atom stereocenters. The molecule has 0 radical (unpaired) electrons. The maximum Gasteiger partial charge on any atom is 0.134 e. The zero-order chi connectivity index (χ0) is 16.4. The number of hydrogen-bond acceptors (Lipinski definition) is 5. The van der Waals surface area contributed by atoms with Crippen LogP contribution in [0.25, 0.3) is 22.3 Å². The van der Waals surface area contributed by atoms with Crippen molar-refractivity contribution < 1.29 is 0 Å². The number of benzene rings is 1. The molecule has 0 N–H and O–H groups in total. The van der Waals surface area contributed by atoms with Crippen molar-refractivity contribution in [3.8, 4) is 11.4 Å². The number of fused-ring (bicyclic) bond motifs is 1. The fraction of sp³-hybridized carbons (Fsp3) is 0.235. The third-order valence-electron chi connectivity index (χ3n) is 4.00. The van der Waals surface area contributed by atoms with Crippen molar-refractivity contribution in [3.05, 3.63) is 54.7 Å². The van der Waals surface area contributed by atoms with Gasteiger partial charge in [-0.15, -0.1) is 15.3 Å². The largest absolute Gasteiger partial charge is 0.318 e. The maximum atomic E-state index is 4.65. The highest BCUT2D eigenvalue weighted by Crippen LogP contribution is 2.18. The van der Waals surface area contributed by atoms with Crippen molar-refractivity contribution in [2.24, 2.45) is 0 Å². The monoisotopic (exact) mass is 319 g/mol. The van der Waals surface area contributed by atoms with Crippen molar-refractivity contribution >= 4 is 10.9 Å². The van der Waals surface area contributed by atoms with Gasteiger partial charge < -0.3 is 4.57 Å². The average Bonchev–Trinajstić information content (AvgIpc) is 3.28. The molecular formula is C17H17N7. The Balaban J connectivity index is 1.53. The van der Waals surface area contributed by atoms with E-state index in [1.54, 1.807) is 6.33 Å². The topological polar surface area (TPSA) is 74.3 Å². The van der Waals surface area contributed by atoms with Gasteiger partial charge in [0.1, 0.15) is 17.8 Å². The number of rotatable bonds is 5. The van der Waals surface area contributed by atoms with Crippen LogP contribution < -0.4 is 0 Å². The van der Waals surface area contributed by atoms with E-state index in [4.69, 9.17) is 0 Å². The molecule has 0 unspecified atom stereocenters. The average molecular weight is 319 g/mol. The minimum atomic E-state index is 0.708. The number of para-hydroxylation sites is 1. The van der Waals surface area contributed by atoms with E-state index in [1.807, 2.05) is 45.8 Å². The second kappa shape index (κ2) is 6.19. The molecule has 24 heavy (non-hydrogen) atoms. The van der Waals surface area contributed by atoms with E-state index in [0.717, 1.165) is 41.1 Å². The standard InChI is InChI=1S/C17H17N7/c1-2-23-12-18-21-17(23)9-10-24-11-16(20-22-24)15-8-7-13-5-3-4-6-14(13)19-15/h3-8,11-12H,2,9-10H2,1H3. The summed E-state index contributed by atoms with van der Waals surface area (Å²) in [4.78, 5) is 4.65. The molecule has 7 heteroatoms. The number of aromatic nitrogens is 7. The Morgan fingerprint density at radius 1 is 1.00 bits per heavy atom. The van der Waals surface area contributed by atoms with Crippen LogP contribution in [0.2, 0.25) is 0 Å². The number of hydrogen-bond donors (Lipinski definition) is 0. The van der Waals surface area contributed by atoms with E-state index in [9.17, 15) is 0 Å². The minimum Gasteiger partial charge on any atom is -0.318 e. The molecule has 0 amide bonds. The first-order valence-corrected chi connectivity index (χ1v) is 7.96. The van der Waals surface area contributed by atoms with Crippen LogP contribution in [0.5, 0.6) is 0 Å². The van der Waals surface area contributed by atoms with Crippen molar-refractivity contribution in [1.82, 2.24) is 34.7 Å². The fourth-order valence-corrected chi connectivity index (χ4v) is 2.68. The lowest BCUT2D eigenvalue weighted by Crippen LogP contribution is -2.07. The number of pyridine rings is 1. The molecule has 0 saturated heterocycles. The first-order valence-electron chi connectivity index (χ1n) is 7.96. The number of aryl methyl sites for hydroxylation is 3. The van der Waals surface area contributed by atoms with E-state index in [2.05, 4.69) is 38.5 Å². The summed E-state index contributed by atoms with van der Waals surface area (Å²) in [6.07, 6.45) is 4.44. The smallest absolute Gasteiger partial charge is 0.134 e. The normalized spacial score (nSPS) is 11.2. The first-order chi connectivity index (χ1) is 11.8. The van der Waals surface area contributed by atoms with Crippen molar-refractivity contribution in [2.75, 3.05) is 0 Å². The van der Waals surface area contributed by atoms with Gasteiger partial charge in [-0.05, 0) is 19.1 Å². The molecule has 0 spiro atoms. The van der Waals surface area contributed by atoms with Gasteiger partial charge in [0.15, 0.2) is 0 Å². The SMILES string of the molecule is CCn1cnnc1CCn1cc(-c2ccc3ccccc3n2)nn1. The first kappa shape index (κ1) is 14.5. The molecule has 0 aliphatic rings. The van der Waals surface area contributed by atoms with Gasteiger partial charge in [-0.2, -0.15) is 0 Å². The summed E-state index contributed by atoms with van der Waals surface area (Å²) in [6.45, 7) is 3.65. The van der Waals surface area contributed by atoms with Crippen LogP contribution in [0.1, 0.15) is 12.7 Å². The summed E-state index contributed by atoms with van der Waals surface area (Å²) in [5.41, 5.74) is 2.56. The van der Waals surface area contributed by atoms with E-state index < -0.39 is 0 Å². The number of nitrogens with zero attached hydrogens (tertiary/aromatic N) is 7. The summed E-state index contributed by atoms with van der Waals surface area (Å²) in [5, 5.41) is 17.6. The zero-order valence-corrected chi connectivity index (χ0v) is 13.4. The van der Waals surface area contributed by atoms with Gasteiger partial charge in [0, 0.05) is 24.9 Å². The van der Waals surface area contributed by atoms with Crippen LogP contribution >= 0.6 is 0 Å². The van der Waals surface area contributed by atoms with Gasteiger partial charge in [-0.25, -0.2) is 4.98 Å². The Kier molecular flexibility index (Phi) is 3.74. The molecule has 3 heterocycles. The van der Waals surface area contributed by atoms with Gasteiger partial charge in [0.05, 0.1) is 17.4 Å². The molecule has 0 bridgehead atoms. The van der Waals surface area contributed by atoms with Crippen LogP contribution in [0.3, 0.4) is 0 Å². The lowest BCUT2D eigenvalue weighted by Gasteiger charge is -2.02. The predicted octanol–water partition coefficient (Wildman–Crippen LogP) is 2.35. The van der Waals surface area contributed by atoms with Gasteiger partial charge in [0.25, 0.3) is 0 Å². The molecule has 0 aliphatic carbocycles. The Hall–Kier alpha value is -3.09. The van der Waals surface area contributed by atoms with E-state index in [0.29, 0.717) is 6.54 Å². The Morgan fingerprint density at radius 3 is 2.83 bits per heavy atom. The van der Waals surface area contributed by atoms with Crippen molar-refractivity contribution in [2.45, 2.75) is 26.4 Å². The molecule has 3 aromatic heterocycles. The van der Waals surface area contributed by atoms with E-state index >= 15 is 0 Å². The highest BCUT2D eigenvalue weighted by molar-refractivity contribution is 5.80. The molecular weight excluding hydrogens is 302 g/mol. The van der Waals surface area contributed by atoms with Crippen molar-refractivity contribution in [1.29, 1.82) is 0 Å². The summed E-state index contributed by atoms with van der Waals surface area (Å²) >= 11 is 0. The van der Waals surface area contributed by atoms with Gasteiger partial charge in [-0.3, -0.25) is 4.68 Å². The zero-order valence-electron chi connectivity index (χ0n) is 13.4. The third kappa shape index (κ3) is 2.76. The molecule has 120 valence electrons. The molecule has 0 aliphatic heterocycles. The lowest BCUT2D eigenvalue weighted by molar-refractivity contribution is 0.560. The second-order valence-electron chi connectivity index (χ2n) is 5.54. The van der Waals surface area contributed by atoms with Crippen LogP contribution in [-0.4, -0.2) is 34.7 Å². The van der Waals surface area contributed by atoms with Gasteiger partial charge >= 0.3 is 0 Å². The summed E-state index contributed by atoms with van der Waals surface area (Å²) in [5.74, 6) is 0.957. The molecule has 0 fully saturated rings. The highest BCUT2D eigenvalue weighted by atomic mass is 15.4. The minimum absolute atomic E-state index is 0.708. The van der Waals surface area contributed by atoms with Crippen molar-refractivity contribution in [3.63, 3.8) is 0 Å². The summed E-state index contributed by atoms with van der Waals surface area (Å²) in [7, 11) is 0. The summed E-state index contributed by atoms with van der Waals surface area (Å²) in [6, 6.07) is 12.1. The van der Waals surface area contributed by atoms with Gasteiger partial charge in [0.2, 0.25) is 0 Å². The van der Waals surface area contributed by atoms with E-state index in [-0.39, 0.29) is 0 Å². The summed E-state index contributed by atoms with van der Waals surface area (Å²) < 4.78 is 3.85. The van der Waals surface area contributed by atoms with Crippen LogP contribution in [0.4, 0.5) is 0 Å². The molecule has 1 aromatic carbocycles. The quantitative estimate of drug-likeness (QED) is 0.564. The third-order valence-corrected chi connectivity index (χ3v) is 4.00. The van der Waals surface area contributed by atoms with Crippen LogP contribution in [0.15, 0.2) is 48.9 Å². The van der Waals surface area contributed by atoms with Crippen LogP contribution in [-0.2, 0) is 19.5 Å². The maximum absolute atomic E-state index is 4.65. The Bertz CT molecular complexity index is 970. The molecule has 4 aromatic rings. The highest BCUT2D eigenvalue weighted by Gasteiger charge is 2.08. The Morgan fingerprint density at radius 2 is 1.92 bits per heavy atom. The molecule has 4 rings (SSSR count). The second-order valence-corrected chi connectivity index (χ2v) is 5.54. The van der Waals surface area contributed by atoms with Gasteiger partial charge in [-0.1, -0.05) is 29.5 Å². The molecule has 0 saturated carbocycles. The van der Waals surface area contributed by atoms with E-state index in [1.165, 1.54) is 0 Å².